The maximum atomic E-state index is 12.3. The Morgan fingerprint density at radius 2 is 1.78 bits per heavy atom. The van der Waals surface area contributed by atoms with Gasteiger partial charge in [-0.1, -0.05) is 37.6 Å². The zero-order valence-corrected chi connectivity index (χ0v) is 15.6. The third kappa shape index (κ3) is 3.88. The highest BCUT2D eigenvalue weighted by atomic mass is 35.5. The van der Waals surface area contributed by atoms with E-state index in [0.717, 1.165) is 5.56 Å². The van der Waals surface area contributed by atoms with Gasteiger partial charge < -0.3 is 20.4 Å². The molecule has 0 radical (unpaired) electrons. The van der Waals surface area contributed by atoms with E-state index < -0.39 is 5.97 Å². The number of rotatable bonds is 6. The van der Waals surface area contributed by atoms with Gasteiger partial charge in [0.05, 0.1) is 11.3 Å². The highest BCUT2D eigenvalue weighted by Crippen LogP contribution is 2.24. The number of anilines is 1. The zero-order chi connectivity index (χ0) is 19.6. The van der Waals surface area contributed by atoms with E-state index in [2.05, 4.69) is 20.3 Å². The summed E-state index contributed by atoms with van der Waals surface area (Å²) in [6.45, 7) is 3.81. The highest BCUT2D eigenvalue weighted by Gasteiger charge is 2.15. The van der Waals surface area contributed by atoms with E-state index in [1.54, 1.807) is 30.3 Å². The molecule has 1 aromatic carbocycles. The molecule has 0 atom stereocenters. The average molecular weight is 387 g/mol. The van der Waals surface area contributed by atoms with Gasteiger partial charge in [-0.2, -0.15) is 0 Å². The fraction of sp³-hybridized carbons (Fsp3) is 0.211. The third-order valence-corrected chi connectivity index (χ3v) is 4.55. The Morgan fingerprint density at radius 3 is 2.30 bits per heavy atom. The van der Waals surface area contributed by atoms with Crippen LogP contribution in [0.25, 0.3) is 11.3 Å². The first-order valence-electron chi connectivity index (χ1n) is 8.54. The van der Waals surface area contributed by atoms with Crippen LogP contribution in [-0.4, -0.2) is 31.9 Å². The summed E-state index contributed by atoms with van der Waals surface area (Å²) >= 11 is 5.96. The van der Waals surface area contributed by atoms with Gasteiger partial charge in [-0.15, -0.1) is 0 Å². The molecule has 8 heteroatoms. The fourth-order valence-electron chi connectivity index (χ4n) is 2.78. The lowest BCUT2D eigenvalue weighted by molar-refractivity contribution is 0.0695. The van der Waals surface area contributed by atoms with Gasteiger partial charge in [0.2, 0.25) is 0 Å². The number of hydrogen-bond donors (Lipinski definition) is 4. The number of carboxylic acids is 1. The second-order valence-corrected chi connectivity index (χ2v) is 6.33. The van der Waals surface area contributed by atoms with Crippen LogP contribution in [0.15, 0.2) is 30.3 Å². The standard InChI is InChI=1S/C19H19ClN4O3/c1-3-13-12(19(26)27)9-15(22-13)10-5-7-11(8-6-10)21-18(25)17-23-14(4-2)16(20)24-17/h5-9,22H,3-4H2,1-2H3,(H,21,25)(H,23,24)(H,26,27). The van der Waals surface area contributed by atoms with Crippen LogP contribution in [0.5, 0.6) is 0 Å². The lowest BCUT2D eigenvalue weighted by atomic mass is 10.1. The molecule has 3 rings (SSSR count). The molecule has 7 nitrogen and oxygen atoms in total. The summed E-state index contributed by atoms with van der Waals surface area (Å²) in [6, 6.07) is 8.71. The van der Waals surface area contributed by atoms with Crippen LogP contribution >= 0.6 is 11.6 Å². The molecule has 2 aromatic heterocycles. The van der Waals surface area contributed by atoms with E-state index in [0.29, 0.717) is 40.8 Å². The molecular formula is C19H19ClN4O3. The minimum absolute atomic E-state index is 0.156. The van der Waals surface area contributed by atoms with Gasteiger partial charge in [-0.05, 0) is 36.6 Å². The number of aromatic amines is 2. The lowest BCUT2D eigenvalue weighted by Crippen LogP contribution is -2.13. The fourth-order valence-corrected chi connectivity index (χ4v) is 3.04. The van der Waals surface area contributed by atoms with E-state index in [9.17, 15) is 14.7 Å². The minimum atomic E-state index is -0.957. The van der Waals surface area contributed by atoms with Gasteiger partial charge >= 0.3 is 5.97 Å². The summed E-state index contributed by atoms with van der Waals surface area (Å²) in [5.41, 5.74) is 3.79. The largest absolute Gasteiger partial charge is 0.478 e. The van der Waals surface area contributed by atoms with Crippen molar-refractivity contribution in [3.8, 4) is 11.3 Å². The Hall–Kier alpha value is -3.06. The molecule has 27 heavy (non-hydrogen) atoms. The molecule has 0 fully saturated rings. The van der Waals surface area contributed by atoms with Crippen molar-refractivity contribution in [1.82, 2.24) is 15.0 Å². The molecule has 0 aliphatic heterocycles. The summed E-state index contributed by atoms with van der Waals surface area (Å²) in [5, 5.41) is 12.3. The average Bonchev–Trinajstić information content (AvgIpc) is 3.26. The van der Waals surface area contributed by atoms with Gasteiger partial charge in [-0.25, -0.2) is 9.78 Å². The number of carbonyl (C=O) groups is 2. The number of aromatic carboxylic acids is 1. The van der Waals surface area contributed by atoms with Crippen molar-refractivity contribution >= 4 is 29.2 Å². The monoisotopic (exact) mass is 386 g/mol. The molecule has 4 N–H and O–H groups in total. The lowest BCUT2D eigenvalue weighted by Gasteiger charge is -2.04. The predicted octanol–water partition coefficient (Wildman–Crippen LogP) is 4.13. The highest BCUT2D eigenvalue weighted by molar-refractivity contribution is 6.30. The van der Waals surface area contributed by atoms with Crippen LogP contribution in [0.3, 0.4) is 0 Å². The number of imidazole rings is 1. The number of carboxylic acid groups (broad SMARTS) is 1. The number of benzene rings is 1. The molecule has 1 amide bonds. The van der Waals surface area contributed by atoms with Crippen molar-refractivity contribution < 1.29 is 14.7 Å². The van der Waals surface area contributed by atoms with Crippen molar-refractivity contribution in [3.63, 3.8) is 0 Å². The smallest absolute Gasteiger partial charge is 0.337 e. The van der Waals surface area contributed by atoms with Gasteiger partial charge in [0, 0.05) is 17.1 Å². The Bertz CT molecular complexity index is 989. The number of nitrogens with one attached hydrogen (secondary N) is 3. The van der Waals surface area contributed by atoms with Crippen molar-refractivity contribution in [2.45, 2.75) is 26.7 Å². The number of halogens is 1. The summed E-state index contributed by atoms with van der Waals surface area (Å²) < 4.78 is 0. The molecule has 0 aliphatic rings. The maximum absolute atomic E-state index is 12.3. The SMILES string of the molecule is CCc1[nH]c(-c2ccc(NC(=O)c3nc(Cl)c(CC)[nH]3)cc2)cc1C(=O)O. The van der Waals surface area contributed by atoms with Crippen molar-refractivity contribution in [2.75, 3.05) is 5.32 Å². The number of carbonyl (C=O) groups excluding carboxylic acids is 1. The van der Waals surface area contributed by atoms with Gasteiger partial charge in [0.15, 0.2) is 11.0 Å². The quantitative estimate of drug-likeness (QED) is 0.510. The number of amides is 1. The summed E-state index contributed by atoms with van der Waals surface area (Å²) in [7, 11) is 0. The van der Waals surface area contributed by atoms with E-state index >= 15 is 0 Å². The molecular weight excluding hydrogens is 368 g/mol. The van der Waals surface area contributed by atoms with Crippen LogP contribution in [0.2, 0.25) is 5.15 Å². The van der Waals surface area contributed by atoms with Crippen molar-refractivity contribution in [1.29, 1.82) is 0 Å². The zero-order valence-electron chi connectivity index (χ0n) is 14.9. The van der Waals surface area contributed by atoms with Crippen molar-refractivity contribution in [3.05, 3.63) is 58.3 Å². The molecule has 0 saturated carbocycles. The topological polar surface area (TPSA) is 111 Å². The van der Waals surface area contributed by atoms with Crippen LogP contribution in [-0.2, 0) is 12.8 Å². The Labute approximate surface area is 160 Å². The maximum Gasteiger partial charge on any atom is 0.337 e. The van der Waals surface area contributed by atoms with E-state index in [1.807, 2.05) is 13.8 Å². The molecule has 2 heterocycles. The Kier molecular flexibility index (Phi) is 5.32. The first-order chi connectivity index (χ1) is 12.9. The Morgan fingerprint density at radius 1 is 1.11 bits per heavy atom. The molecule has 140 valence electrons. The van der Waals surface area contributed by atoms with Crippen LogP contribution < -0.4 is 5.32 Å². The van der Waals surface area contributed by atoms with Crippen LogP contribution in [0.4, 0.5) is 5.69 Å². The van der Waals surface area contributed by atoms with Crippen LogP contribution in [0.1, 0.15) is 46.2 Å². The van der Waals surface area contributed by atoms with Gasteiger partial charge in [-0.3, -0.25) is 4.79 Å². The van der Waals surface area contributed by atoms with Gasteiger partial charge in [0.1, 0.15) is 0 Å². The number of hydrogen-bond acceptors (Lipinski definition) is 3. The summed E-state index contributed by atoms with van der Waals surface area (Å²) in [5.74, 6) is -1.18. The third-order valence-electron chi connectivity index (χ3n) is 4.23. The number of H-pyrrole nitrogens is 2. The first kappa shape index (κ1) is 18.7. The molecule has 0 unspecified atom stereocenters. The number of aromatic nitrogens is 3. The molecule has 0 aliphatic carbocycles. The second-order valence-electron chi connectivity index (χ2n) is 5.97. The molecule has 3 aromatic rings. The second kappa shape index (κ2) is 7.67. The summed E-state index contributed by atoms with van der Waals surface area (Å²) in [6.07, 6.45) is 1.25. The number of aryl methyl sites for hydroxylation is 2. The van der Waals surface area contributed by atoms with Gasteiger partial charge in [0.25, 0.3) is 5.91 Å². The first-order valence-corrected chi connectivity index (χ1v) is 8.92. The minimum Gasteiger partial charge on any atom is -0.478 e. The van der Waals surface area contributed by atoms with E-state index in [1.165, 1.54) is 0 Å². The molecule has 0 bridgehead atoms. The van der Waals surface area contributed by atoms with Crippen molar-refractivity contribution in [2.24, 2.45) is 0 Å². The predicted molar refractivity (Wildman–Crippen MR) is 103 cm³/mol. The number of nitrogens with zero attached hydrogens (tertiary/aromatic N) is 1. The van der Waals surface area contributed by atoms with E-state index in [-0.39, 0.29) is 17.3 Å². The molecule has 0 spiro atoms. The summed E-state index contributed by atoms with van der Waals surface area (Å²) in [4.78, 5) is 33.6. The molecule has 0 saturated heterocycles. The van der Waals surface area contributed by atoms with Crippen LogP contribution in [0, 0.1) is 0 Å². The Balaban J connectivity index is 1.77. The van der Waals surface area contributed by atoms with E-state index in [4.69, 9.17) is 11.6 Å². The normalized spacial score (nSPS) is 10.8.